The number of benzene rings is 1. The number of hydrogen-bond acceptors (Lipinski definition) is 4. The largest absolute Gasteiger partial charge is 0.464 e. The highest BCUT2D eigenvalue weighted by Crippen LogP contribution is 2.27. The molecule has 90 valence electrons. The lowest BCUT2D eigenvalue weighted by atomic mass is 10.1. The molecule has 0 saturated heterocycles. The first-order chi connectivity index (χ1) is 8.00. The summed E-state index contributed by atoms with van der Waals surface area (Å²) >= 11 is 0. The average molecular weight is 235 g/mol. The lowest BCUT2D eigenvalue weighted by Crippen LogP contribution is -2.57. The SMILES string of the molecule is CC(=O)OCC1(C)NC(=O)c2ccccc2O1. The summed E-state index contributed by atoms with van der Waals surface area (Å²) in [4.78, 5) is 22.6. The molecule has 0 bridgehead atoms. The molecule has 1 aliphatic rings. The third kappa shape index (κ3) is 2.38. The van der Waals surface area contributed by atoms with E-state index in [1.807, 2.05) is 0 Å². The molecule has 1 aromatic rings. The fraction of sp³-hybridized carbons (Fsp3) is 0.333. The normalized spacial score (nSPS) is 22.1. The monoisotopic (exact) mass is 235 g/mol. The van der Waals surface area contributed by atoms with E-state index in [0.717, 1.165) is 0 Å². The molecular formula is C12H13NO4. The molecular weight excluding hydrogens is 222 g/mol. The van der Waals surface area contributed by atoms with Gasteiger partial charge in [-0.15, -0.1) is 0 Å². The molecule has 1 aliphatic heterocycles. The van der Waals surface area contributed by atoms with Crippen molar-refractivity contribution in [3.8, 4) is 5.75 Å². The molecule has 0 aliphatic carbocycles. The van der Waals surface area contributed by atoms with Crippen LogP contribution in [-0.4, -0.2) is 24.2 Å². The first-order valence-corrected chi connectivity index (χ1v) is 5.24. The number of fused-ring (bicyclic) bond motifs is 1. The van der Waals surface area contributed by atoms with E-state index in [1.165, 1.54) is 6.92 Å². The zero-order valence-corrected chi connectivity index (χ0v) is 9.65. The highest BCUT2D eigenvalue weighted by molar-refractivity contribution is 5.98. The van der Waals surface area contributed by atoms with Gasteiger partial charge in [-0.2, -0.15) is 0 Å². The van der Waals surface area contributed by atoms with Crippen LogP contribution in [0, 0.1) is 0 Å². The number of carbonyl (C=O) groups is 2. The maximum absolute atomic E-state index is 11.8. The highest BCUT2D eigenvalue weighted by Gasteiger charge is 2.36. The summed E-state index contributed by atoms with van der Waals surface area (Å²) in [6.07, 6.45) is 0. The number of para-hydroxylation sites is 1. The Morgan fingerprint density at radius 3 is 2.88 bits per heavy atom. The maximum atomic E-state index is 11.8. The fourth-order valence-electron chi connectivity index (χ4n) is 1.62. The topological polar surface area (TPSA) is 64.6 Å². The average Bonchev–Trinajstić information content (AvgIpc) is 2.26. The first-order valence-electron chi connectivity index (χ1n) is 5.24. The molecule has 1 aromatic carbocycles. The van der Waals surface area contributed by atoms with Crippen LogP contribution in [0.5, 0.6) is 5.75 Å². The van der Waals surface area contributed by atoms with E-state index in [9.17, 15) is 9.59 Å². The van der Waals surface area contributed by atoms with E-state index in [-0.39, 0.29) is 12.5 Å². The summed E-state index contributed by atoms with van der Waals surface area (Å²) in [7, 11) is 0. The van der Waals surface area contributed by atoms with Gasteiger partial charge in [0.25, 0.3) is 5.91 Å². The van der Waals surface area contributed by atoms with Crippen LogP contribution in [0.15, 0.2) is 24.3 Å². The summed E-state index contributed by atoms with van der Waals surface area (Å²) in [6, 6.07) is 6.93. The number of carbonyl (C=O) groups excluding carboxylic acids is 2. The summed E-state index contributed by atoms with van der Waals surface area (Å²) in [5, 5.41) is 2.67. The van der Waals surface area contributed by atoms with Crippen molar-refractivity contribution in [2.45, 2.75) is 19.6 Å². The summed E-state index contributed by atoms with van der Waals surface area (Å²) < 4.78 is 10.5. The van der Waals surface area contributed by atoms with Crippen molar-refractivity contribution in [3.05, 3.63) is 29.8 Å². The molecule has 5 heteroatoms. The second-order valence-electron chi connectivity index (χ2n) is 4.06. The van der Waals surface area contributed by atoms with E-state index in [2.05, 4.69) is 5.32 Å². The minimum Gasteiger partial charge on any atom is -0.464 e. The Morgan fingerprint density at radius 2 is 2.18 bits per heavy atom. The van der Waals surface area contributed by atoms with Crippen molar-refractivity contribution >= 4 is 11.9 Å². The molecule has 5 nitrogen and oxygen atoms in total. The van der Waals surface area contributed by atoms with Gasteiger partial charge in [0, 0.05) is 6.92 Å². The van der Waals surface area contributed by atoms with Crippen LogP contribution in [0.4, 0.5) is 0 Å². The summed E-state index contributed by atoms with van der Waals surface area (Å²) in [6.45, 7) is 2.94. The minimum atomic E-state index is -1.02. The molecule has 0 radical (unpaired) electrons. The third-order valence-electron chi connectivity index (χ3n) is 2.40. The number of nitrogens with one attached hydrogen (secondary N) is 1. The Balaban J connectivity index is 2.21. The molecule has 1 atom stereocenters. The predicted octanol–water partition coefficient (Wildman–Crippen LogP) is 1.09. The molecule has 0 saturated carbocycles. The van der Waals surface area contributed by atoms with Crippen molar-refractivity contribution in [1.82, 2.24) is 5.32 Å². The summed E-state index contributed by atoms with van der Waals surface area (Å²) in [5.74, 6) is -0.157. The zero-order chi connectivity index (χ0) is 12.5. The zero-order valence-electron chi connectivity index (χ0n) is 9.65. The van der Waals surface area contributed by atoms with Gasteiger partial charge in [-0.25, -0.2) is 0 Å². The van der Waals surface area contributed by atoms with Crippen LogP contribution in [-0.2, 0) is 9.53 Å². The van der Waals surface area contributed by atoms with Crippen molar-refractivity contribution < 1.29 is 19.1 Å². The van der Waals surface area contributed by atoms with E-state index in [0.29, 0.717) is 11.3 Å². The minimum absolute atomic E-state index is 0.0254. The van der Waals surface area contributed by atoms with E-state index >= 15 is 0 Å². The molecule has 1 heterocycles. The molecule has 1 unspecified atom stereocenters. The van der Waals surface area contributed by atoms with Crippen LogP contribution in [0.1, 0.15) is 24.2 Å². The molecule has 0 fully saturated rings. The van der Waals surface area contributed by atoms with Crippen molar-refractivity contribution in [2.75, 3.05) is 6.61 Å². The first kappa shape index (κ1) is 11.4. The van der Waals surface area contributed by atoms with Crippen LogP contribution < -0.4 is 10.1 Å². The van der Waals surface area contributed by atoms with E-state index < -0.39 is 11.7 Å². The Labute approximate surface area is 98.7 Å². The standard InChI is InChI=1S/C12H13NO4/c1-8(14)16-7-12(2)13-11(15)9-5-3-4-6-10(9)17-12/h3-6H,7H2,1-2H3,(H,13,15). The molecule has 0 aromatic heterocycles. The Morgan fingerprint density at radius 1 is 1.47 bits per heavy atom. The van der Waals surface area contributed by atoms with Gasteiger partial charge in [0.2, 0.25) is 5.72 Å². The van der Waals surface area contributed by atoms with Gasteiger partial charge in [0.05, 0.1) is 5.56 Å². The van der Waals surface area contributed by atoms with Gasteiger partial charge in [-0.05, 0) is 19.1 Å². The molecule has 2 rings (SSSR count). The molecule has 17 heavy (non-hydrogen) atoms. The van der Waals surface area contributed by atoms with Crippen LogP contribution in [0.25, 0.3) is 0 Å². The number of esters is 1. The Hall–Kier alpha value is -2.04. The number of hydrogen-bond donors (Lipinski definition) is 1. The molecule has 1 N–H and O–H groups in total. The van der Waals surface area contributed by atoms with Crippen molar-refractivity contribution in [2.24, 2.45) is 0 Å². The lowest BCUT2D eigenvalue weighted by Gasteiger charge is -2.35. The third-order valence-corrected chi connectivity index (χ3v) is 2.40. The van der Waals surface area contributed by atoms with Crippen molar-refractivity contribution in [1.29, 1.82) is 0 Å². The fourth-order valence-corrected chi connectivity index (χ4v) is 1.62. The lowest BCUT2D eigenvalue weighted by molar-refractivity contribution is -0.147. The van der Waals surface area contributed by atoms with Crippen molar-refractivity contribution in [3.63, 3.8) is 0 Å². The quantitative estimate of drug-likeness (QED) is 0.779. The smallest absolute Gasteiger partial charge is 0.302 e. The predicted molar refractivity (Wildman–Crippen MR) is 59.6 cm³/mol. The number of amides is 1. The van der Waals surface area contributed by atoms with Gasteiger partial charge >= 0.3 is 5.97 Å². The van der Waals surface area contributed by atoms with Gasteiger partial charge in [-0.1, -0.05) is 12.1 Å². The van der Waals surface area contributed by atoms with Crippen LogP contribution in [0.3, 0.4) is 0 Å². The number of ether oxygens (including phenoxy) is 2. The van der Waals surface area contributed by atoms with Gasteiger partial charge in [0.15, 0.2) is 0 Å². The Bertz CT molecular complexity index is 471. The van der Waals surface area contributed by atoms with Gasteiger partial charge in [0.1, 0.15) is 12.4 Å². The van der Waals surface area contributed by atoms with Crippen LogP contribution in [0.2, 0.25) is 0 Å². The second-order valence-corrected chi connectivity index (χ2v) is 4.06. The molecule has 1 amide bonds. The summed E-state index contributed by atoms with van der Waals surface area (Å²) in [5.41, 5.74) is -0.537. The van der Waals surface area contributed by atoms with E-state index in [4.69, 9.17) is 9.47 Å². The second kappa shape index (κ2) is 4.08. The number of rotatable bonds is 2. The van der Waals surface area contributed by atoms with E-state index in [1.54, 1.807) is 31.2 Å². The van der Waals surface area contributed by atoms with Gasteiger partial charge < -0.3 is 14.8 Å². The highest BCUT2D eigenvalue weighted by atomic mass is 16.6. The maximum Gasteiger partial charge on any atom is 0.302 e. The molecule has 0 spiro atoms. The van der Waals surface area contributed by atoms with Crippen LogP contribution >= 0.6 is 0 Å². The van der Waals surface area contributed by atoms with Gasteiger partial charge in [-0.3, -0.25) is 9.59 Å². The Kier molecular flexibility index (Phi) is 2.75.